The zero-order chi connectivity index (χ0) is 25.2. The molecule has 0 aliphatic rings. The van der Waals surface area contributed by atoms with Gasteiger partial charge in [-0.15, -0.1) is 0 Å². The Morgan fingerprint density at radius 2 is 1.24 bits per heavy atom. The van der Waals surface area contributed by atoms with Gasteiger partial charge in [0.1, 0.15) is 11.2 Å². The van der Waals surface area contributed by atoms with E-state index in [-0.39, 0.29) is 5.78 Å². The topological polar surface area (TPSA) is 47.8 Å². The zero-order valence-corrected chi connectivity index (χ0v) is 20.5. The van der Waals surface area contributed by atoms with Crippen molar-refractivity contribution in [1.29, 1.82) is 0 Å². The van der Waals surface area contributed by atoms with Gasteiger partial charge in [0.05, 0.1) is 17.5 Å². The van der Waals surface area contributed by atoms with Gasteiger partial charge in [-0.05, 0) is 35.7 Å². The average Bonchev–Trinajstić information content (AvgIpc) is 3.36. The molecule has 37 heavy (non-hydrogen) atoms. The van der Waals surface area contributed by atoms with Crippen LogP contribution in [0.1, 0.15) is 38.4 Å². The van der Waals surface area contributed by atoms with E-state index in [1.54, 1.807) is 12.5 Å². The van der Waals surface area contributed by atoms with Gasteiger partial charge in [-0.1, -0.05) is 109 Å². The van der Waals surface area contributed by atoms with Crippen LogP contribution in [0, 0.1) is 6.92 Å². The van der Waals surface area contributed by atoms with Gasteiger partial charge < -0.3 is 4.57 Å². The second-order valence-corrected chi connectivity index (χ2v) is 9.10. The summed E-state index contributed by atoms with van der Waals surface area (Å²) in [6.07, 6.45) is 3.55. The fraction of sp³-hybridized carbons (Fsp3) is 0.0606. The van der Waals surface area contributed by atoms with Crippen molar-refractivity contribution in [3.63, 3.8) is 0 Å². The lowest BCUT2D eigenvalue weighted by Gasteiger charge is -2.38. The minimum atomic E-state index is -0.814. The average molecular weight is 480 g/mol. The number of carbonyl (C=O) groups excluding carboxylic acids is 1. The monoisotopic (exact) mass is 479 g/mol. The Labute approximate surface area is 215 Å². The van der Waals surface area contributed by atoms with Gasteiger partial charge in [0.15, 0.2) is 0 Å². The van der Waals surface area contributed by atoms with Crippen LogP contribution in [0.3, 0.4) is 0 Å². The number of imidazole rings is 1. The highest BCUT2D eigenvalue weighted by Crippen LogP contribution is 2.42. The fourth-order valence-electron chi connectivity index (χ4n) is 5.27. The maximum atomic E-state index is 14.2. The molecule has 0 saturated carbocycles. The normalized spacial score (nSPS) is 11.5. The molecule has 0 aliphatic heterocycles. The molecule has 0 spiro atoms. The maximum absolute atomic E-state index is 14.2. The molecule has 2 heterocycles. The Kier molecular flexibility index (Phi) is 5.70. The van der Waals surface area contributed by atoms with Gasteiger partial charge >= 0.3 is 0 Å². The van der Waals surface area contributed by atoms with E-state index in [1.165, 1.54) is 0 Å². The van der Waals surface area contributed by atoms with E-state index in [4.69, 9.17) is 4.98 Å². The van der Waals surface area contributed by atoms with Gasteiger partial charge in [-0.2, -0.15) is 0 Å². The first-order valence-corrected chi connectivity index (χ1v) is 12.3. The summed E-state index contributed by atoms with van der Waals surface area (Å²) in [5, 5.41) is 0.997. The predicted molar refractivity (Wildman–Crippen MR) is 147 cm³/mol. The van der Waals surface area contributed by atoms with Crippen molar-refractivity contribution >= 4 is 16.7 Å². The van der Waals surface area contributed by atoms with Crippen LogP contribution < -0.4 is 0 Å². The van der Waals surface area contributed by atoms with Crippen LogP contribution in [-0.2, 0) is 5.54 Å². The molecular weight excluding hydrogens is 454 g/mol. The summed E-state index contributed by atoms with van der Waals surface area (Å²) in [4.78, 5) is 23.4. The first-order chi connectivity index (χ1) is 18.2. The Morgan fingerprint density at radius 3 is 1.81 bits per heavy atom. The number of nitrogens with zero attached hydrogens (tertiary/aromatic N) is 3. The van der Waals surface area contributed by atoms with Gasteiger partial charge in [0.25, 0.3) is 0 Å². The molecular formula is C33H25N3O. The summed E-state index contributed by atoms with van der Waals surface area (Å²) in [6, 6.07) is 40.5. The second kappa shape index (κ2) is 9.32. The number of carbonyl (C=O) groups is 1. The maximum Gasteiger partial charge on any atom is 0.211 e. The van der Waals surface area contributed by atoms with E-state index >= 15 is 0 Å². The lowest BCUT2D eigenvalue weighted by atomic mass is 9.76. The molecule has 0 amide bonds. The molecule has 4 heteroatoms. The standard InChI is InChI=1S/C33H25N3O/c1-24-31(32(37)26-20-19-25-12-11-21-34-30(25)22-26)36(23-35-24)33(27-13-5-2-6-14-27,28-15-7-3-8-16-28)29-17-9-4-10-18-29/h2-23H,1H3. The second-order valence-electron chi connectivity index (χ2n) is 9.10. The Balaban J connectivity index is 1.66. The largest absolute Gasteiger partial charge is 0.309 e. The molecule has 4 nitrogen and oxygen atoms in total. The number of ketones is 1. The summed E-state index contributed by atoms with van der Waals surface area (Å²) in [5.41, 5.74) is 4.91. The Hall–Kier alpha value is -4.83. The molecule has 0 unspecified atom stereocenters. The van der Waals surface area contributed by atoms with Crippen LogP contribution in [0.4, 0.5) is 0 Å². The first-order valence-electron chi connectivity index (χ1n) is 12.3. The quantitative estimate of drug-likeness (QED) is 0.195. The Bertz CT molecular complexity index is 1590. The highest BCUT2D eigenvalue weighted by molar-refractivity contribution is 6.10. The van der Waals surface area contributed by atoms with Crippen LogP contribution in [0.2, 0.25) is 0 Å². The number of aromatic nitrogens is 3. The number of hydrogen-bond donors (Lipinski definition) is 0. The van der Waals surface area contributed by atoms with E-state index in [1.807, 2.05) is 96.4 Å². The van der Waals surface area contributed by atoms with Crippen molar-refractivity contribution in [2.75, 3.05) is 0 Å². The number of hydrogen-bond acceptors (Lipinski definition) is 3. The fourth-order valence-corrected chi connectivity index (χ4v) is 5.27. The van der Waals surface area contributed by atoms with Crippen molar-refractivity contribution in [2.24, 2.45) is 0 Å². The molecule has 6 rings (SSSR count). The molecule has 0 saturated heterocycles. The van der Waals surface area contributed by atoms with E-state index in [2.05, 4.69) is 41.4 Å². The first kappa shape index (κ1) is 22.6. The molecule has 6 aromatic rings. The van der Waals surface area contributed by atoms with Crippen LogP contribution in [0.15, 0.2) is 134 Å². The summed E-state index contributed by atoms with van der Waals surface area (Å²) in [6.45, 7) is 1.90. The van der Waals surface area contributed by atoms with Crippen molar-refractivity contribution in [1.82, 2.24) is 14.5 Å². The summed E-state index contributed by atoms with van der Waals surface area (Å²) < 4.78 is 2.05. The molecule has 4 aromatic carbocycles. The minimum absolute atomic E-state index is 0.0882. The summed E-state index contributed by atoms with van der Waals surface area (Å²) in [5.74, 6) is -0.0882. The van der Waals surface area contributed by atoms with Gasteiger partial charge in [-0.3, -0.25) is 9.78 Å². The molecule has 0 N–H and O–H groups in total. The van der Waals surface area contributed by atoms with Crippen molar-refractivity contribution in [2.45, 2.75) is 12.5 Å². The van der Waals surface area contributed by atoms with Crippen LogP contribution in [0.25, 0.3) is 10.9 Å². The molecule has 0 bridgehead atoms. The molecule has 0 fully saturated rings. The SMILES string of the molecule is Cc1ncn(C(c2ccccc2)(c2ccccc2)c2ccccc2)c1C(=O)c1ccc2cccnc2c1. The third kappa shape index (κ3) is 3.74. The predicted octanol–water partition coefficient (Wildman–Crippen LogP) is 6.81. The number of aryl methyl sites for hydroxylation is 1. The smallest absolute Gasteiger partial charge is 0.211 e. The molecule has 0 aliphatic carbocycles. The van der Waals surface area contributed by atoms with Gasteiger partial charge in [-0.25, -0.2) is 4.98 Å². The highest BCUT2D eigenvalue weighted by Gasteiger charge is 2.41. The zero-order valence-electron chi connectivity index (χ0n) is 20.5. The van der Waals surface area contributed by atoms with E-state index < -0.39 is 5.54 Å². The van der Waals surface area contributed by atoms with Crippen LogP contribution >= 0.6 is 0 Å². The van der Waals surface area contributed by atoms with Crippen LogP contribution in [-0.4, -0.2) is 20.3 Å². The number of fused-ring (bicyclic) bond motifs is 1. The third-order valence-electron chi connectivity index (χ3n) is 6.97. The van der Waals surface area contributed by atoms with E-state index in [9.17, 15) is 4.79 Å². The van der Waals surface area contributed by atoms with Gasteiger partial charge in [0.2, 0.25) is 5.78 Å². The Morgan fingerprint density at radius 1 is 0.676 bits per heavy atom. The molecule has 0 atom stereocenters. The molecule has 0 radical (unpaired) electrons. The van der Waals surface area contributed by atoms with Crippen molar-refractivity contribution < 1.29 is 4.79 Å². The lowest BCUT2D eigenvalue weighted by Crippen LogP contribution is -2.39. The molecule has 2 aromatic heterocycles. The van der Waals surface area contributed by atoms with Gasteiger partial charge in [0, 0.05) is 17.1 Å². The third-order valence-corrected chi connectivity index (χ3v) is 6.97. The van der Waals surface area contributed by atoms with Crippen LogP contribution in [0.5, 0.6) is 0 Å². The number of pyridine rings is 1. The number of benzene rings is 4. The number of rotatable bonds is 6. The summed E-state index contributed by atoms with van der Waals surface area (Å²) in [7, 11) is 0. The van der Waals surface area contributed by atoms with Crippen molar-refractivity contribution in [3.8, 4) is 0 Å². The summed E-state index contributed by atoms with van der Waals surface area (Å²) >= 11 is 0. The van der Waals surface area contributed by atoms with E-state index in [0.29, 0.717) is 17.0 Å². The minimum Gasteiger partial charge on any atom is -0.309 e. The highest BCUT2D eigenvalue weighted by atomic mass is 16.1. The van der Waals surface area contributed by atoms with E-state index in [0.717, 1.165) is 27.6 Å². The lowest BCUT2D eigenvalue weighted by molar-refractivity contribution is 0.102. The molecule has 178 valence electrons. The van der Waals surface area contributed by atoms with Crippen molar-refractivity contribution in [3.05, 3.63) is 167 Å².